The fraction of sp³-hybridized carbons (Fsp3) is 0.923. The fourth-order valence-electron chi connectivity index (χ4n) is 8.96. The van der Waals surface area contributed by atoms with E-state index in [0.717, 1.165) is 55.3 Å². The van der Waals surface area contributed by atoms with E-state index >= 15 is 0 Å². The van der Waals surface area contributed by atoms with Gasteiger partial charge in [-0.15, -0.1) is 0 Å². The summed E-state index contributed by atoms with van der Waals surface area (Å²) in [6.07, 6.45) is 12.1. The van der Waals surface area contributed by atoms with E-state index in [1.807, 2.05) is 13.8 Å². The highest BCUT2D eigenvalue weighted by Gasteiger charge is 2.73. The van der Waals surface area contributed by atoms with Crippen LogP contribution in [0.3, 0.4) is 0 Å². The Labute approximate surface area is 177 Å². The average molecular weight is 403 g/mol. The Hall–Kier alpha value is -0.380. The quantitative estimate of drug-likeness (QED) is 0.577. The van der Waals surface area contributed by atoms with E-state index in [9.17, 15) is 15.3 Å². The van der Waals surface area contributed by atoms with Crippen molar-refractivity contribution in [1.29, 1.82) is 0 Å². The molecule has 3 nitrogen and oxygen atoms in total. The molecule has 0 aromatic heterocycles. The maximum absolute atomic E-state index is 10.5. The molecule has 5 aliphatic rings. The molecule has 3 fully saturated rings. The normalized spacial score (nSPS) is 47.2. The first-order chi connectivity index (χ1) is 13.7. The van der Waals surface area contributed by atoms with Crippen molar-refractivity contribution in [2.75, 3.05) is 0 Å². The molecular weight excluding hydrogens is 360 g/mol. The minimum absolute atomic E-state index is 0.327. The van der Waals surface area contributed by atoms with Crippen molar-refractivity contribution in [2.45, 2.75) is 109 Å². The maximum Gasteiger partial charge on any atom is 0.0777 e. The van der Waals surface area contributed by atoms with Gasteiger partial charge in [-0.2, -0.15) is 0 Å². The van der Waals surface area contributed by atoms with Gasteiger partial charge in [0.05, 0.1) is 17.8 Å². The van der Waals surface area contributed by atoms with Crippen LogP contribution in [-0.4, -0.2) is 33.1 Å². The van der Waals surface area contributed by atoms with Gasteiger partial charge in [-0.25, -0.2) is 0 Å². The Bertz CT molecular complexity index is 676. The van der Waals surface area contributed by atoms with Crippen molar-refractivity contribution in [3.63, 3.8) is 0 Å². The summed E-state index contributed by atoms with van der Waals surface area (Å²) in [5, 5.41) is 30.8. The smallest absolute Gasteiger partial charge is 0.0777 e. The second kappa shape index (κ2) is 7.07. The van der Waals surface area contributed by atoms with Crippen LogP contribution in [0.2, 0.25) is 0 Å². The number of fused-ring (bicyclic) bond motifs is 6. The molecule has 0 saturated heterocycles. The number of hydrogen-bond donors (Lipinski definition) is 3. The van der Waals surface area contributed by atoms with Crippen LogP contribution in [-0.2, 0) is 0 Å². The van der Waals surface area contributed by atoms with E-state index in [-0.39, 0.29) is 12.2 Å². The maximum atomic E-state index is 10.5. The largest absolute Gasteiger partial charge is 0.393 e. The summed E-state index contributed by atoms with van der Waals surface area (Å²) in [5.41, 5.74) is 2.81. The lowest BCUT2D eigenvalue weighted by atomic mass is 9.63. The van der Waals surface area contributed by atoms with Crippen molar-refractivity contribution >= 4 is 0 Å². The van der Waals surface area contributed by atoms with Crippen molar-refractivity contribution in [2.24, 2.45) is 40.9 Å². The Morgan fingerprint density at radius 1 is 1.07 bits per heavy atom. The Morgan fingerprint density at radius 3 is 2.62 bits per heavy atom. The standard InChI is InChI=1S/C26H42O3/c1-15(6-4-10-25(2,3)29)17-8-9-21-18(17)7-5-11-26(21)22-14-19-20(24(22)26)12-16(27)13-23(19)28/h15-18,21-24,27-29H,4-14H2,1-3H3/t15-,16?,17-,18-,21-,22?,23?,24?,26?/m1/s1. The third-order valence-electron chi connectivity index (χ3n) is 10.0. The lowest BCUT2D eigenvalue weighted by molar-refractivity contribution is 0.0605. The zero-order valence-electron chi connectivity index (χ0n) is 18.7. The van der Waals surface area contributed by atoms with Crippen LogP contribution in [0.25, 0.3) is 0 Å². The molecule has 1 spiro atoms. The zero-order chi connectivity index (χ0) is 20.6. The van der Waals surface area contributed by atoms with Gasteiger partial charge in [0.25, 0.3) is 0 Å². The summed E-state index contributed by atoms with van der Waals surface area (Å²) in [5.74, 6) is 4.90. The van der Waals surface area contributed by atoms with E-state index in [4.69, 9.17) is 0 Å². The summed E-state index contributed by atoms with van der Waals surface area (Å²) in [7, 11) is 0. The highest BCUT2D eigenvalue weighted by atomic mass is 16.3. The Balaban J connectivity index is 1.28. The van der Waals surface area contributed by atoms with E-state index in [2.05, 4.69) is 6.92 Å². The predicted octanol–water partition coefficient (Wildman–Crippen LogP) is 4.84. The van der Waals surface area contributed by atoms with Gasteiger partial charge in [0.15, 0.2) is 0 Å². The molecule has 9 atom stereocenters. The molecular formula is C26H42O3. The first kappa shape index (κ1) is 20.5. The number of aliphatic hydroxyl groups excluding tert-OH is 2. The third-order valence-corrected chi connectivity index (χ3v) is 10.0. The monoisotopic (exact) mass is 402 g/mol. The molecule has 0 radical (unpaired) electrons. The number of aliphatic hydroxyl groups is 3. The second-order valence-corrected chi connectivity index (χ2v) is 12.1. The van der Waals surface area contributed by atoms with Crippen LogP contribution in [0, 0.1) is 40.9 Å². The summed E-state index contributed by atoms with van der Waals surface area (Å²) >= 11 is 0. The average Bonchev–Trinajstić information content (AvgIpc) is 2.97. The molecule has 5 unspecified atom stereocenters. The number of rotatable bonds is 5. The molecule has 164 valence electrons. The van der Waals surface area contributed by atoms with E-state index in [1.165, 1.54) is 49.7 Å². The third kappa shape index (κ3) is 3.26. The molecule has 5 aliphatic carbocycles. The topological polar surface area (TPSA) is 60.7 Å². The van der Waals surface area contributed by atoms with Crippen molar-refractivity contribution in [1.82, 2.24) is 0 Å². The highest BCUT2D eigenvalue weighted by Crippen LogP contribution is 2.80. The van der Waals surface area contributed by atoms with E-state index in [0.29, 0.717) is 17.8 Å². The molecule has 0 aromatic carbocycles. The molecule has 3 heteroatoms. The van der Waals surface area contributed by atoms with Crippen LogP contribution in [0.1, 0.15) is 91.4 Å². The van der Waals surface area contributed by atoms with Crippen molar-refractivity contribution in [3.8, 4) is 0 Å². The van der Waals surface area contributed by atoms with Gasteiger partial charge in [0.1, 0.15) is 0 Å². The van der Waals surface area contributed by atoms with E-state index < -0.39 is 5.60 Å². The lowest BCUT2D eigenvalue weighted by Gasteiger charge is -2.42. The highest BCUT2D eigenvalue weighted by molar-refractivity contribution is 5.43. The van der Waals surface area contributed by atoms with Gasteiger partial charge in [-0.1, -0.05) is 31.8 Å². The van der Waals surface area contributed by atoms with Gasteiger partial charge >= 0.3 is 0 Å². The molecule has 3 N–H and O–H groups in total. The van der Waals surface area contributed by atoms with E-state index in [1.54, 1.807) is 0 Å². The minimum Gasteiger partial charge on any atom is -0.393 e. The molecule has 0 aliphatic heterocycles. The molecule has 0 heterocycles. The van der Waals surface area contributed by atoms with Gasteiger partial charge in [-0.3, -0.25) is 0 Å². The second-order valence-electron chi connectivity index (χ2n) is 12.1. The summed E-state index contributed by atoms with van der Waals surface area (Å²) in [6.45, 7) is 6.34. The SMILES string of the molecule is C[C@H](CCCC(C)(C)O)[C@H]1CC[C@@H]2[C@@H]1CCCC21C2CC3=C(CC(O)CC3O)C21. The molecule has 29 heavy (non-hydrogen) atoms. The number of hydrogen-bond acceptors (Lipinski definition) is 3. The molecule has 0 amide bonds. The zero-order valence-corrected chi connectivity index (χ0v) is 18.7. The fourth-order valence-corrected chi connectivity index (χ4v) is 8.96. The summed E-state index contributed by atoms with van der Waals surface area (Å²) < 4.78 is 0. The lowest BCUT2D eigenvalue weighted by Crippen LogP contribution is -2.35. The minimum atomic E-state index is -0.529. The predicted molar refractivity (Wildman–Crippen MR) is 115 cm³/mol. The van der Waals surface area contributed by atoms with Crippen molar-refractivity contribution < 1.29 is 15.3 Å². The van der Waals surface area contributed by atoms with Crippen LogP contribution < -0.4 is 0 Å². The van der Waals surface area contributed by atoms with Crippen LogP contribution in [0.4, 0.5) is 0 Å². The molecule has 3 saturated carbocycles. The van der Waals surface area contributed by atoms with Crippen LogP contribution in [0.15, 0.2) is 11.1 Å². The van der Waals surface area contributed by atoms with Gasteiger partial charge in [0.2, 0.25) is 0 Å². The van der Waals surface area contributed by atoms with Gasteiger partial charge < -0.3 is 15.3 Å². The molecule has 0 aromatic rings. The van der Waals surface area contributed by atoms with Crippen molar-refractivity contribution in [3.05, 3.63) is 11.1 Å². The first-order valence-corrected chi connectivity index (χ1v) is 12.5. The van der Waals surface area contributed by atoms with Crippen LogP contribution in [0.5, 0.6) is 0 Å². The summed E-state index contributed by atoms with van der Waals surface area (Å²) in [4.78, 5) is 0. The summed E-state index contributed by atoms with van der Waals surface area (Å²) in [6, 6.07) is 0. The molecule has 5 rings (SSSR count). The van der Waals surface area contributed by atoms with Crippen LogP contribution >= 0.6 is 0 Å². The van der Waals surface area contributed by atoms with Gasteiger partial charge in [-0.05, 0) is 105 Å². The molecule has 0 bridgehead atoms. The van der Waals surface area contributed by atoms with Gasteiger partial charge in [0, 0.05) is 6.42 Å². The Kier molecular flexibility index (Phi) is 5.00. The Morgan fingerprint density at radius 2 is 1.86 bits per heavy atom. The first-order valence-electron chi connectivity index (χ1n) is 12.5.